The molecule has 0 radical (unpaired) electrons. The number of ether oxygens (including phenoxy) is 1. The van der Waals surface area contributed by atoms with Gasteiger partial charge in [-0.1, -0.05) is 39.5 Å². The summed E-state index contributed by atoms with van der Waals surface area (Å²) in [7, 11) is 0. The molecule has 0 atom stereocenters. The van der Waals surface area contributed by atoms with E-state index in [2.05, 4.69) is 18.7 Å². The average molecular weight is 542 g/mol. The Bertz CT molecular complexity index is 1020. The zero-order valence-electron chi connectivity index (χ0n) is 21.0. The van der Waals surface area contributed by atoms with Crippen LogP contribution in [0, 0.1) is 5.41 Å². The van der Waals surface area contributed by atoms with Crippen molar-refractivity contribution in [3.05, 3.63) is 42.0 Å². The molecule has 1 heterocycles. The van der Waals surface area contributed by atoms with Gasteiger partial charge in [0.2, 0.25) is 0 Å². The predicted octanol–water partition coefficient (Wildman–Crippen LogP) is 8.50. The second kappa shape index (κ2) is 12.5. The van der Waals surface area contributed by atoms with Crippen LogP contribution in [0.5, 0.6) is 5.75 Å². The van der Waals surface area contributed by atoms with Crippen LogP contribution in [0.2, 0.25) is 0 Å². The normalized spacial score (nSPS) is 15.3. The first-order chi connectivity index (χ1) is 17.1. The van der Waals surface area contributed by atoms with Crippen LogP contribution >= 0.6 is 23.5 Å². The van der Waals surface area contributed by atoms with Crippen LogP contribution in [0.15, 0.2) is 46.2 Å². The van der Waals surface area contributed by atoms with Crippen LogP contribution in [0.3, 0.4) is 0 Å². The Morgan fingerprint density at radius 1 is 1.14 bits per heavy atom. The van der Waals surface area contributed by atoms with Gasteiger partial charge < -0.3 is 14.7 Å². The Kier molecular flexibility index (Phi) is 9.92. The van der Waals surface area contributed by atoms with Crippen LogP contribution < -0.4 is 9.64 Å². The van der Waals surface area contributed by atoms with Crippen molar-refractivity contribution in [2.24, 2.45) is 5.41 Å². The van der Waals surface area contributed by atoms with E-state index >= 15 is 0 Å². The second-order valence-electron chi connectivity index (χ2n) is 9.28. The summed E-state index contributed by atoms with van der Waals surface area (Å²) >= 11 is 3.19. The van der Waals surface area contributed by atoms with Gasteiger partial charge in [-0.3, -0.25) is 0 Å². The van der Waals surface area contributed by atoms with Gasteiger partial charge in [-0.15, -0.1) is 23.5 Å². The van der Waals surface area contributed by atoms with Gasteiger partial charge in [0.15, 0.2) is 6.61 Å². The number of rotatable bonds is 11. The summed E-state index contributed by atoms with van der Waals surface area (Å²) in [6.07, 6.45) is 3.92. The molecule has 0 saturated carbocycles. The lowest BCUT2D eigenvalue weighted by Gasteiger charge is -2.38. The van der Waals surface area contributed by atoms with E-state index in [1.807, 2.05) is 18.4 Å². The molecule has 0 fully saturated rings. The number of benzene rings is 2. The van der Waals surface area contributed by atoms with Crippen LogP contribution in [-0.2, 0) is 11.0 Å². The number of halogens is 3. The summed E-state index contributed by atoms with van der Waals surface area (Å²) in [5, 5.41) is 9.10. The van der Waals surface area contributed by atoms with Crippen molar-refractivity contribution in [2.75, 3.05) is 30.1 Å². The summed E-state index contributed by atoms with van der Waals surface area (Å²) in [4.78, 5) is 15.0. The monoisotopic (exact) mass is 541 g/mol. The third-order valence-electron chi connectivity index (χ3n) is 6.54. The fourth-order valence-electron chi connectivity index (χ4n) is 4.56. The number of thioether (sulfide) groups is 2. The van der Waals surface area contributed by atoms with Crippen LogP contribution in [0.25, 0.3) is 0 Å². The number of unbranched alkanes of at least 4 members (excludes halogenated alkanes) is 2. The molecule has 2 aromatic carbocycles. The smallest absolute Gasteiger partial charge is 0.416 e. The number of alkyl halides is 3. The van der Waals surface area contributed by atoms with Crippen LogP contribution in [0.1, 0.15) is 57.9 Å². The summed E-state index contributed by atoms with van der Waals surface area (Å²) < 4.78 is 45.4. The molecule has 1 aliphatic heterocycles. The van der Waals surface area contributed by atoms with Crippen LogP contribution in [-0.4, -0.2) is 36.2 Å². The van der Waals surface area contributed by atoms with Gasteiger partial charge in [-0.25, -0.2) is 4.79 Å². The number of nitrogens with zero attached hydrogens (tertiary/aromatic N) is 1. The van der Waals surface area contributed by atoms with Crippen molar-refractivity contribution in [1.29, 1.82) is 0 Å². The molecular formula is C27H34F3NO3S2. The second-order valence-corrected chi connectivity index (χ2v) is 11.1. The van der Waals surface area contributed by atoms with Crippen molar-refractivity contribution in [3.63, 3.8) is 0 Å². The molecule has 3 rings (SSSR count). The van der Waals surface area contributed by atoms with Crippen molar-refractivity contribution < 1.29 is 27.8 Å². The fraction of sp³-hybridized carbons (Fsp3) is 0.519. The Balaban J connectivity index is 2.11. The largest absolute Gasteiger partial charge is 0.481 e. The van der Waals surface area contributed by atoms with E-state index in [0.29, 0.717) is 12.3 Å². The Labute approximate surface area is 220 Å². The third kappa shape index (κ3) is 7.06. The molecule has 0 spiro atoms. The van der Waals surface area contributed by atoms with E-state index in [-0.39, 0.29) is 5.41 Å². The number of anilines is 2. The molecule has 0 bridgehead atoms. The fourth-order valence-corrected chi connectivity index (χ4v) is 6.46. The Hall–Kier alpha value is -2.00. The first-order valence-electron chi connectivity index (χ1n) is 12.3. The maximum absolute atomic E-state index is 13.3. The van der Waals surface area contributed by atoms with Gasteiger partial charge in [0.1, 0.15) is 5.75 Å². The van der Waals surface area contributed by atoms with Gasteiger partial charge in [0.25, 0.3) is 0 Å². The molecule has 2 aromatic rings. The lowest BCUT2D eigenvalue weighted by atomic mass is 9.79. The lowest BCUT2D eigenvalue weighted by molar-refractivity contribution is -0.139. The maximum Gasteiger partial charge on any atom is 0.416 e. The number of fused-ring (bicyclic) bond motifs is 1. The molecule has 9 heteroatoms. The Morgan fingerprint density at radius 3 is 2.31 bits per heavy atom. The number of hydrogen-bond donors (Lipinski definition) is 1. The molecule has 1 aliphatic rings. The van der Waals surface area contributed by atoms with Crippen molar-refractivity contribution in [1.82, 2.24) is 0 Å². The SMILES string of the molecule is CCCCC1(CCCC)CSc2cc(OCC(=O)O)c(SC)cc2N(c2ccc(C(F)(F)F)cc2)C1. The number of hydrogen-bond acceptors (Lipinski definition) is 5. The Morgan fingerprint density at radius 2 is 1.78 bits per heavy atom. The minimum Gasteiger partial charge on any atom is -0.481 e. The summed E-state index contributed by atoms with van der Waals surface area (Å²) in [6, 6.07) is 9.28. The first kappa shape index (κ1) is 28.6. The van der Waals surface area contributed by atoms with Crippen LogP contribution in [0.4, 0.5) is 24.5 Å². The van der Waals surface area contributed by atoms with E-state index in [1.165, 1.54) is 11.8 Å². The standard InChI is InChI=1S/C27H34F3NO3S2/c1-4-6-12-26(13-7-5-2)17-31(20-10-8-19(9-11-20)27(28,29)30)21-14-24(35-3)22(34-16-25(32)33)15-23(21)36-18-26/h8-11,14-15H,4-7,12-13,16-18H2,1-3H3,(H,32,33). The third-order valence-corrected chi connectivity index (χ3v) is 8.70. The van der Waals surface area contributed by atoms with Gasteiger partial charge in [-0.05, 0) is 60.9 Å². The molecule has 4 nitrogen and oxygen atoms in total. The molecule has 36 heavy (non-hydrogen) atoms. The van der Waals surface area contributed by atoms with E-state index < -0.39 is 24.3 Å². The molecule has 0 unspecified atom stereocenters. The van der Waals surface area contributed by atoms with Gasteiger partial charge >= 0.3 is 12.1 Å². The highest BCUT2D eigenvalue weighted by Crippen LogP contribution is 2.50. The van der Waals surface area contributed by atoms with E-state index in [4.69, 9.17) is 9.84 Å². The minimum absolute atomic E-state index is 0.0000109. The predicted molar refractivity (Wildman–Crippen MR) is 142 cm³/mol. The number of carboxylic acid groups (broad SMARTS) is 1. The molecule has 0 amide bonds. The van der Waals surface area contributed by atoms with E-state index in [9.17, 15) is 18.0 Å². The zero-order valence-corrected chi connectivity index (χ0v) is 22.6. The van der Waals surface area contributed by atoms with Gasteiger partial charge in [0, 0.05) is 22.9 Å². The molecular weight excluding hydrogens is 507 g/mol. The molecule has 1 N–H and O–H groups in total. The molecule has 0 saturated heterocycles. The number of carboxylic acids is 1. The van der Waals surface area contributed by atoms with Crippen molar-refractivity contribution in [2.45, 2.75) is 68.3 Å². The van der Waals surface area contributed by atoms with Crippen molar-refractivity contribution >= 4 is 40.9 Å². The highest BCUT2D eigenvalue weighted by atomic mass is 32.2. The summed E-state index contributed by atoms with van der Waals surface area (Å²) in [5.74, 6) is 0.348. The molecule has 198 valence electrons. The highest BCUT2D eigenvalue weighted by Gasteiger charge is 2.37. The average Bonchev–Trinajstić information content (AvgIpc) is 3.01. The maximum atomic E-state index is 13.3. The summed E-state index contributed by atoms with van der Waals surface area (Å²) in [5.41, 5.74) is 0.971. The van der Waals surface area contributed by atoms with Crippen molar-refractivity contribution in [3.8, 4) is 5.75 Å². The van der Waals surface area contributed by atoms with E-state index in [0.717, 1.165) is 77.6 Å². The van der Waals surface area contributed by atoms with Gasteiger partial charge in [-0.2, -0.15) is 13.2 Å². The highest BCUT2D eigenvalue weighted by molar-refractivity contribution is 7.99. The first-order valence-corrected chi connectivity index (χ1v) is 14.5. The lowest BCUT2D eigenvalue weighted by Crippen LogP contribution is -2.36. The quantitative estimate of drug-likeness (QED) is 0.288. The molecule has 0 aromatic heterocycles. The summed E-state index contributed by atoms with van der Waals surface area (Å²) in [6.45, 7) is 4.63. The minimum atomic E-state index is -4.39. The number of aliphatic carboxylic acids is 1. The number of carbonyl (C=O) groups is 1. The van der Waals surface area contributed by atoms with Gasteiger partial charge in [0.05, 0.1) is 16.1 Å². The molecule has 0 aliphatic carbocycles. The topological polar surface area (TPSA) is 49.8 Å². The zero-order chi connectivity index (χ0) is 26.3. The van der Waals surface area contributed by atoms with E-state index in [1.54, 1.807) is 23.9 Å².